The first-order valence-electron chi connectivity index (χ1n) is 10.4. The van der Waals surface area contributed by atoms with E-state index in [1.807, 2.05) is 13.0 Å². The van der Waals surface area contributed by atoms with Crippen molar-refractivity contribution in [2.75, 3.05) is 19.6 Å². The van der Waals surface area contributed by atoms with Crippen molar-refractivity contribution in [1.82, 2.24) is 9.80 Å². The molecular formula is C22H30FN3O2. The lowest BCUT2D eigenvalue weighted by molar-refractivity contribution is -0.132. The van der Waals surface area contributed by atoms with Gasteiger partial charge in [-0.2, -0.15) is 0 Å². The molecule has 0 spiro atoms. The Morgan fingerprint density at radius 3 is 2.75 bits per heavy atom. The second-order valence-corrected chi connectivity index (χ2v) is 8.58. The highest BCUT2D eigenvalue weighted by molar-refractivity contribution is 5.88. The van der Waals surface area contributed by atoms with Gasteiger partial charge in [-0.05, 0) is 61.7 Å². The lowest BCUT2D eigenvalue weighted by atomic mass is 9.92. The summed E-state index contributed by atoms with van der Waals surface area (Å²) < 4.78 is 15.2. The predicted octanol–water partition coefficient (Wildman–Crippen LogP) is 3.52. The number of nitrogens with two attached hydrogens (primary N) is 1. The van der Waals surface area contributed by atoms with Gasteiger partial charge in [-0.25, -0.2) is 9.18 Å². The topological polar surface area (TPSA) is 69.8 Å². The third-order valence-corrected chi connectivity index (χ3v) is 6.50. The van der Waals surface area contributed by atoms with Crippen LogP contribution in [0.1, 0.15) is 46.0 Å². The number of fused-ring (bicyclic) bond motifs is 1. The zero-order chi connectivity index (χ0) is 20.0. The molecule has 152 valence electrons. The average molecular weight is 387 g/mol. The van der Waals surface area contributed by atoms with Crippen LogP contribution in [0.15, 0.2) is 46.2 Å². The Morgan fingerprint density at radius 2 is 2.11 bits per heavy atom. The normalized spacial score (nSPS) is 26.4. The van der Waals surface area contributed by atoms with Crippen molar-refractivity contribution in [3.05, 3.63) is 46.2 Å². The first-order valence-corrected chi connectivity index (χ1v) is 10.4. The summed E-state index contributed by atoms with van der Waals surface area (Å²) in [5, 5.41) is 9.47. The van der Waals surface area contributed by atoms with Crippen molar-refractivity contribution in [3.8, 4) is 0 Å². The monoisotopic (exact) mass is 387 g/mol. The Labute approximate surface area is 166 Å². The number of likely N-dealkylation sites (tertiary alicyclic amines) is 1. The summed E-state index contributed by atoms with van der Waals surface area (Å²) in [6.07, 6.45) is 8.53. The van der Waals surface area contributed by atoms with E-state index in [0.717, 1.165) is 62.0 Å². The van der Waals surface area contributed by atoms with Crippen LogP contribution >= 0.6 is 0 Å². The van der Waals surface area contributed by atoms with E-state index >= 15 is 4.39 Å². The molecule has 0 amide bonds. The maximum atomic E-state index is 15.2. The molecule has 0 aromatic rings. The highest BCUT2D eigenvalue weighted by atomic mass is 19.1. The number of rotatable bonds is 6. The van der Waals surface area contributed by atoms with Crippen LogP contribution in [0.4, 0.5) is 4.39 Å². The number of carboxylic acids is 1. The van der Waals surface area contributed by atoms with E-state index in [9.17, 15) is 9.90 Å². The summed E-state index contributed by atoms with van der Waals surface area (Å²) in [4.78, 5) is 15.5. The minimum Gasteiger partial charge on any atom is -0.478 e. The molecule has 1 saturated carbocycles. The van der Waals surface area contributed by atoms with E-state index in [1.54, 1.807) is 4.90 Å². The van der Waals surface area contributed by atoms with Crippen LogP contribution < -0.4 is 5.73 Å². The average Bonchev–Trinajstić information content (AvgIpc) is 3.38. The Hall–Kier alpha value is -2.08. The molecule has 0 aromatic heterocycles. The van der Waals surface area contributed by atoms with Gasteiger partial charge in [0.2, 0.25) is 0 Å². The molecule has 6 heteroatoms. The number of aliphatic carboxylic acids is 1. The first-order chi connectivity index (χ1) is 13.4. The smallest absolute Gasteiger partial charge is 0.333 e. The molecule has 1 saturated heterocycles. The maximum Gasteiger partial charge on any atom is 0.333 e. The van der Waals surface area contributed by atoms with Gasteiger partial charge in [0, 0.05) is 31.0 Å². The number of halogens is 1. The van der Waals surface area contributed by atoms with Gasteiger partial charge >= 0.3 is 5.97 Å². The summed E-state index contributed by atoms with van der Waals surface area (Å²) in [6, 6.07) is 0.167. The Kier molecular flexibility index (Phi) is 5.08. The van der Waals surface area contributed by atoms with E-state index in [-0.39, 0.29) is 18.4 Å². The molecule has 28 heavy (non-hydrogen) atoms. The molecule has 4 rings (SSSR count). The van der Waals surface area contributed by atoms with E-state index in [0.29, 0.717) is 23.1 Å². The quantitative estimate of drug-likeness (QED) is 0.730. The minimum absolute atomic E-state index is 0.167. The van der Waals surface area contributed by atoms with Crippen LogP contribution in [0, 0.1) is 11.8 Å². The molecule has 0 aromatic carbocycles. The molecule has 0 radical (unpaired) electrons. The standard InChI is InChI=1S/C22H30FN3O2/c1-3-4-19(24)15-7-8-25(10-15)21-13(2)20-17(14-5-6-14)9-16(22(27)28)11-26(20)12-18(21)23/h9,12,14-15,19H,3-8,10-11,24H2,1-2H3,(H,27,28)/t15-,19?/m1/s1. The molecule has 4 aliphatic rings. The number of allylic oxidation sites excluding steroid dienone is 4. The van der Waals surface area contributed by atoms with Gasteiger partial charge in [-0.1, -0.05) is 13.3 Å². The molecule has 2 atom stereocenters. The second-order valence-electron chi connectivity index (χ2n) is 8.58. The fraction of sp³-hybridized carbons (Fsp3) is 0.591. The zero-order valence-corrected chi connectivity index (χ0v) is 16.7. The Morgan fingerprint density at radius 1 is 1.36 bits per heavy atom. The number of hydrogen-bond acceptors (Lipinski definition) is 4. The third kappa shape index (κ3) is 3.39. The Bertz CT molecular complexity index is 807. The van der Waals surface area contributed by atoms with Gasteiger partial charge in [-0.15, -0.1) is 0 Å². The van der Waals surface area contributed by atoms with E-state index < -0.39 is 5.97 Å². The van der Waals surface area contributed by atoms with Crippen molar-refractivity contribution in [3.63, 3.8) is 0 Å². The largest absolute Gasteiger partial charge is 0.478 e. The van der Waals surface area contributed by atoms with Crippen molar-refractivity contribution >= 4 is 5.97 Å². The van der Waals surface area contributed by atoms with Crippen LogP contribution in [0.25, 0.3) is 0 Å². The molecule has 0 bridgehead atoms. The highest BCUT2D eigenvalue weighted by Crippen LogP contribution is 2.46. The van der Waals surface area contributed by atoms with Crippen molar-refractivity contribution in [1.29, 1.82) is 0 Å². The van der Waals surface area contributed by atoms with Gasteiger partial charge in [0.15, 0.2) is 5.83 Å². The fourth-order valence-electron chi connectivity index (χ4n) is 4.89. The number of hydrogen-bond donors (Lipinski definition) is 2. The summed E-state index contributed by atoms with van der Waals surface area (Å²) in [7, 11) is 0. The molecule has 1 unspecified atom stereocenters. The molecule has 5 nitrogen and oxygen atoms in total. The number of carbonyl (C=O) groups is 1. The fourth-order valence-corrected chi connectivity index (χ4v) is 4.89. The summed E-state index contributed by atoms with van der Waals surface area (Å²) >= 11 is 0. The maximum absolute atomic E-state index is 15.2. The third-order valence-electron chi connectivity index (χ3n) is 6.50. The molecule has 1 aliphatic carbocycles. The lowest BCUT2D eigenvalue weighted by Gasteiger charge is -2.37. The first kappa shape index (κ1) is 19.2. The number of nitrogens with zero attached hydrogens (tertiary/aromatic N) is 2. The molecular weight excluding hydrogens is 357 g/mol. The van der Waals surface area contributed by atoms with Crippen LogP contribution in [-0.4, -0.2) is 46.6 Å². The number of carboxylic acid groups (broad SMARTS) is 1. The van der Waals surface area contributed by atoms with Crippen molar-refractivity contribution in [2.24, 2.45) is 17.6 Å². The molecule has 3 N–H and O–H groups in total. The van der Waals surface area contributed by atoms with Crippen molar-refractivity contribution < 1.29 is 14.3 Å². The van der Waals surface area contributed by atoms with E-state index in [2.05, 4.69) is 11.8 Å². The van der Waals surface area contributed by atoms with Gasteiger partial charge in [-0.3, -0.25) is 0 Å². The van der Waals surface area contributed by atoms with Crippen LogP contribution in [0.5, 0.6) is 0 Å². The Balaban J connectivity index is 1.68. The molecule has 2 fully saturated rings. The van der Waals surface area contributed by atoms with Crippen molar-refractivity contribution in [2.45, 2.75) is 52.0 Å². The predicted molar refractivity (Wildman–Crippen MR) is 107 cm³/mol. The summed E-state index contributed by atoms with van der Waals surface area (Å²) in [5.41, 5.74) is 10.3. The summed E-state index contributed by atoms with van der Waals surface area (Å²) in [6.45, 7) is 5.94. The van der Waals surface area contributed by atoms with Gasteiger partial charge < -0.3 is 20.6 Å². The second kappa shape index (κ2) is 7.39. The van der Waals surface area contributed by atoms with Gasteiger partial charge in [0.05, 0.1) is 17.8 Å². The summed E-state index contributed by atoms with van der Waals surface area (Å²) in [5.74, 6) is -0.409. The van der Waals surface area contributed by atoms with Crippen LogP contribution in [0.3, 0.4) is 0 Å². The zero-order valence-electron chi connectivity index (χ0n) is 16.7. The lowest BCUT2D eigenvalue weighted by Crippen LogP contribution is -2.35. The van der Waals surface area contributed by atoms with E-state index in [4.69, 9.17) is 5.73 Å². The minimum atomic E-state index is -0.925. The molecule has 3 heterocycles. The van der Waals surface area contributed by atoms with E-state index in [1.165, 1.54) is 6.20 Å². The SMILES string of the molecule is CCCC(N)[C@@H]1CCN(C2=C(C)C3=C(C4CC4)C=C(C(=O)O)CN3C=C2F)C1. The van der Waals surface area contributed by atoms with Crippen LogP contribution in [-0.2, 0) is 4.79 Å². The van der Waals surface area contributed by atoms with Gasteiger partial charge in [0.25, 0.3) is 0 Å². The molecule has 3 aliphatic heterocycles. The highest BCUT2D eigenvalue weighted by Gasteiger charge is 2.38. The van der Waals surface area contributed by atoms with Crippen LogP contribution in [0.2, 0.25) is 0 Å². The van der Waals surface area contributed by atoms with Gasteiger partial charge in [0.1, 0.15) is 0 Å².